The molecule has 0 fully saturated rings. The fraction of sp³-hybridized carbons (Fsp3) is 0.333. The van der Waals surface area contributed by atoms with Crippen LogP contribution >= 0.6 is 23.2 Å². The van der Waals surface area contributed by atoms with Gasteiger partial charge in [0.2, 0.25) is 0 Å². The summed E-state index contributed by atoms with van der Waals surface area (Å²) < 4.78 is 37.8. The van der Waals surface area contributed by atoms with Crippen LogP contribution in [0.2, 0.25) is 10.2 Å². The molecular weight excluding hydrogens is 282 g/mol. The van der Waals surface area contributed by atoms with Gasteiger partial charge in [0.1, 0.15) is 10.7 Å². The maximum Gasteiger partial charge on any atom is 0.433 e. The van der Waals surface area contributed by atoms with Crippen LogP contribution in [0, 0.1) is 0 Å². The standard InChI is InChI=1S/C9H6Cl2F3NO2/c1-2-3-5(10)4(8(16)17)7(11)15-6(3)9(12,13)14/h2H2,1H3,(H,16,17). The number of aromatic nitrogens is 1. The van der Waals surface area contributed by atoms with Crippen LogP contribution in [0.3, 0.4) is 0 Å². The second kappa shape index (κ2) is 4.70. The number of hydrogen-bond donors (Lipinski definition) is 1. The summed E-state index contributed by atoms with van der Waals surface area (Å²) in [7, 11) is 0. The third-order valence-corrected chi connectivity index (χ3v) is 2.71. The number of halogens is 5. The molecule has 0 amide bonds. The highest BCUT2D eigenvalue weighted by atomic mass is 35.5. The van der Waals surface area contributed by atoms with Crippen LogP contribution in [0.25, 0.3) is 0 Å². The van der Waals surface area contributed by atoms with Crippen molar-refractivity contribution in [2.45, 2.75) is 19.5 Å². The van der Waals surface area contributed by atoms with Crippen molar-refractivity contribution in [1.82, 2.24) is 4.98 Å². The van der Waals surface area contributed by atoms with Crippen molar-refractivity contribution in [3.8, 4) is 0 Å². The SMILES string of the molecule is CCc1c(C(F)(F)F)nc(Cl)c(C(=O)O)c1Cl. The van der Waals surface area contributed by atoms with Gasteiger partial charge < -0.3 is 5.11 Å². The number of carboxylic acid groups (broad SMARTS) is 1. The van der Waals surface area contributed by atoms with Gasteiger partial charge in [0.15, 0.2) is 5.69 Å². The van der Waals surface area contributed by atoms with E-state index in [-0.39, 0.29) is 12.0 Å². The highest BCUT2D eigenvalue weighted by Gasteiger charge is 2.38. The summed E-state index contributed by atoms with van der Waals surface area (Å²) in [4.78, 5) is 13.9. The van der Waals surface area contributed by atoms with Crippen LogP contribution in [-0.4, -0.2) is 16.1 Å². The maximum atomic E-state index is 12.6. The van der Waals surface area contributed by atoms with Crippen LogP contribution in [0.15, 0.2) is 0 Å². The Bertz CT molecular complexity index is 474. The summed E-state index contributed by atoms with van der Waals surface area (Å²) in [5.74, 6) is -1.52. The molecule has 1 N–H and O–H groups in total. The molecule has 0 unspecified atom stereocenters. The average Bonchev–Trinajstić information content (AvgIpc) is 2.14. The molecule has 8 heteroatoms. The monoisotopic (exact) mass is 287 g/mol. The first-order valence-electron chi connectivity index (χ1n) is 4.38. The number of pyridine rings is 1. The predicted molar refractivity (Wildman–Crippen MR) is 55.6 cm³/mol. The normalized spacial score (nSPS) is 11.6. The van der Waals surface area contributed by atoms with Crippen LogP contribution in [0.5, 0.6) is 0 Å². The number of alkyl halides is 3. The van der Waals surface area contributed by atoms with Crippen molar-refractivity contribution in [2.24, 2.45) is 0 Å². The molecule has 1 aromatic rings. The van der Waals surface area contributed by atoms with E-state index in [1.54, 1.807) is 0 Å². The molecular formula is C9H6Cl2F3NO2. The van der Waals surface area contributed by atoms with Crippen molar-refractivity contribution < 1.29 is 23.1 Å². The van der Waals surface area contributed by atoms with E-state index in [4.69, 9.17) is 28.3 Å². The zero-order valence-electron chi connectivity index (χ0n) is 8.40. The Kier molecular flexibility index (Phi) is 3.88. The van der Waals surface area contributed by atoms with Gasteiger partial charge in [-0.3, -0.25) is 0 Å². The summed E-state index contributed by atoms with van der Waals surface area (Å²) in [5, 5.41) is 7.48. The van der Waals surface area contributed by atoms with Crippen molar-refractivity contribution in [1.29, 1.82) is 0 Å². The van der Waals surface area contributed by atoms with Gasteiger partial charge >= 0.3 is 12.1 Å². The summed E-state index contributed by atoms with van der Waals surface area (Å²) >= 11 is 11.0. The summed E-state index contributed by atoms with van der Waals surface area (Å²) in [5.41, 5.74) is -2.24. The second-order valence-corrected chi connectivity index (χ2v) is 3.81. The minimum absolute atomic E-state index is 0.0991. The van der Waals surface area contributed by atoms with Gasteiger partial charge in [-0.15, -0.1) is 0 Å². The Labute approximate surface area is 104 Å². The predicted octanol–water partition coefficient (Wildman–Crippen LogP) is 3.67. The fourth-order valence-corrected chi connectivity index (χ4v) is 2.01. The van der Waals surface area contributed by atoms with Gasteiger partial charge in [-0.2, -0.15) is 13.2 Å². The number of rotatable bonds is 2. The number of carboxylic acids is 1. The third-order valence-electron chi connectivity index (χ3n) is 2.02. The molecule has 0 aliphatic rings. The molecule has 0 saturated carbocycles. The zero-order chi connectivity index (χ0) is 13.4. The molecule has 1 heterocycles. The Hall–Kier alpha value is -1.01. The molecule has 0 radical (unpaired) electrons. The molecule has 0 saturated heterocycles. The van der Waals surface area contributed by atoms with E-state index in [2.05, 4.69) is 4.98 Å². The first-order chi connectivity index (χ1) is 7.70. The van der Waals surface area contributed by atoms with E-state index in [0.29, 0.717) is 0 Å². The minimum atomic E-state index is -4.73. The van der Waals surface area contributed by atoms with Gasteiger partial charge in [-0.1, -0.05) is 30.1 Å². The van der Waals surface area contributed by atoms with Gasteiger partial charge in [-0.25, -0.2) is 9.78 Å². The minimum Gasteiger partial charge on any atom is -0.478 e. The van der Waals surface area contributed by atoms with E-state index in [1.165, 1.54) is 6.92 Å². The molecule has 0 aromatic carbocycles. The molecule has 3 nitrogen and oxygen atoms in total. The average molecular weight is 288 g/mol. The molecule has 0 aliphatic carbocycles. The first kappa shape index (κ1) is 14.1. The van der Waals surface area contributed by atoms with E-state index >= 15 is 0 Å². The van der Waals surface area contributed by atoms with Gasteiger partial charge in [-0.05, 0) is 6.42 Å². The summed E-state index contributed by atoms with van der Waals surface area (Å²) in [6, 6.07) is 0. The van der Waals surface area contributed by atoms with Gasteiger partial charge in [0.05, 0.1) is 5.02 Å². The maximum absolute atomic E-state index is 12.6. The lowest BCUT2D eigenvalue weighted by Gasteiger charge is -2.14. The largest absolute Gasteiger partial charge is 0.478 e. The zero-order valence-corrected chi connectivity index (χ0v) is 9.91. The number of hydrogen-bond acceptors (Lipinski definition) is 2. The van der Waals surface area contributed by atoms with Crippen molar-refractivity contribution >= 4 is 29.2 Å². The van der Waals surface area contributed by atoms with Crippen molar-refractivity contribution in [3.63, 3.8) is 0 Å². The van der Waals surface area contributed by atoms with E-state index in [1.807, 2.05) is 0 Å². The smallest absolute Gasteiger partial charge is 0.433 e. The quantitative estimate of drug-likeness (QED) is 0.845. The van der Waals surface area contributed by atoms with Crippen LogP contribution in [0.4, 0.5) is 13.2 Å². The number of nitrogens with zero attached hydrogens (tertiary/aromatic N) is 1. The molecule has 1 rings (SSSR count). The fourth-order valence-electron chi connectivity index (χ4n) is 1.31. The van der Waals surface area contributed by atoms with E-state index in [9.17, 15) is 18.0 Å². The highest BCUT2D eigenvalue weighted by Crippen LogP contribution is 2.37. The molecule has 0 aliphatic heterocycles. The third kappa shape index (κ3) is 2.63. The van der Waals surface area contributed by atoms with Gasteiger partial charge in [0.25, 0.3) is 0 Å². The molecule has 0 bridgehead atoms. The Balaban J connectivity index is 3.64. The summed E-state index contributed by atoms with van der Waals surface area (Å²) in [6.07, 6.45) is -4.83. The Morgan fingerprint density at radius 2 is 1.94 bits per heavy atom. The topological polar surface area (TPSA) is 50.2 Å². The van der Waals surface area contributed by atoms with Crippen molar-refractivity contribution in [2.75, 3.05) is 0 Å². The van der Waals surface area contributed by atoms with Gasteiger partial charge in [0, 0.05) is 5.56 Å². The lowest BCUT2D eigenvalue weighted by Crippen LogP contribution is -2.15. The first-order valence-corrected chi connectivity index (χ1v) is 5.14. The molecule has 94 valence electrons. The number of carbonyl (C=O) groups is 1. The molecule has 0 atom stereocenters. The summed E-state index contributed by atoms with van der Waals surface area (Å²) in [6.45, 7) is 1.41. The molecule has 0 spiro atoms. The van der Waals surface area contributed by atoms with E-state index in [0.717, 1.165) is 0 Å². The van der Waals surface area contributed by atoms with Crippen molar-refractivity contribution in [3.05, 3.63) is 27.0 Å². The highest BCUT2D eigenvalue weighted by molar-refractivity contribution is 6.39. The number of aromatic carboxylic acids is 1. The lowest BCUT2D eigenvalue weighted by atomic mass is 10.1. The molecule has 1 aromatic heterocycles. The van der Waals surface area contributed by atoms with Crippen LogP contribution in [0.1, 0.15) is 28.5 Å². The Morgan fingerprint density at radius 3 is 2.29 bits per heavy atom. The van der Waals surface area contributed by atoms with Crippen LogP contribution < -0.4 is 0 Å². The van der Waals surface area contributed by atoms with E-state index < -0.39 is 33.6 Å². The second-order valence-electron chi connectivity index (χ2n) is 3.08. The Morgan fingerprint density at radius 1 is 1.41 bits per heavy atom. The molecule has 17 heavy (non-hydrogen) atoms. The van der Waals surface area contributed by atoms with Crippen LogP contribution in [-0.2, 0) is 12.6 Å². The lowest BCUT2D eigenvalue weighted by molar-refractivity contribution is -0.141.